The number of hydrazone groups is 1. The molecule has 2 amide bonds. The molecule has 2 fully saturated rings. The van der Waals surface area contributed by atoms with Gasteiger partial charge in [0.15, 0.2) is 5.78 Å². The summed E-state index contributed by atoms with van der Waals surface area (Å²) in [5.74, 6) is -1.82. The van der Waals surface area contributed by atoms with E-state index in [1.54, 1.807) is 42.6 Å². The molecule has 0 aliphatic carbocycles. The van der Waals surface area contributed by atoms with Gasteiger partial charge in [-0.05, 0) is 60.9 Å². The quantitative estimate of drug-likeness (QED) is 0.416. The average Bonchev–Trinajstić information content (AvgIpc) is 3.36. The van der Waals surface area contributed by atoms with Crippen LogP contribution in [-0.4, -0.2) is 42.0 Å². The minimum Gasteiger partial charge on any atom is -0.497 e. The van der Waals surface area contributed by atoms with Crippen LogP contribution in [0.5, 0.6) is 5.75 Å². The highest BCUT2D eigenvalue weighted by atomic mass is 16.5. The third-order valence-corrected chi connectivity index (χ3v) is 7.53. The lowest BCUT2D eigenvalue weighted by Gasteiger charge is -2.34. The van der Waals surface area contributed by atoms with Crippen molar-refractivity contribution in [3.8, 4) is 5.75 Å². The van der Waals surface area contributed by atoms with Gasteiger partial charge < -0.3 is 4.74 Å². The minimum atomic E-state index is -0.898. The van der Waals surface area contributed by atoms with Crippen LogP contribution < -0.4 is 9.64 Å². The van der Waals surface area contributed by atoms with Crippen LogP contribution in [-0.2, 0) is 9.59 Å². The molecule has 4 atom stereocenters. The first-order valence-corrected chi connectivity index (χ1v) is 12.0. The van der Waals surface area contributed by atoms with Crippen LogP contribution in [0.2, 0.25) is 0 Å². The molecule has 0 bridgehead atoms. The summed E-state index contributed by atoms with van der Waals surface area (Å²) in [5.41, 5.74) is 4.69. The van der Waals surface area contributed by atoms with Crippen molar-refractivity contribution in [3.05, 3.63) is 94.5 Å². The molecular formula is C29H25N3O4. The van der Waals surface area contributed by atoms with E-state index in [1.165, 1.54) is 4.90 Å². The van der Waals surface area contributed by atoms with Gasteiger partial charge in [-0.15, -0.1) is 0 Å². The molecule has 36 heavy (non-hydrogen) atoms. The molecule has 7 heteroatoms. The number of rotatable bonds is 4. The molecule has 3 aromatic rings. The maximum Gasteiger partial charge on any atom is 0.240 e. The highest BCUT2D eigenvalue weighted by Gasteiger charge is 2.65. The van der Waals surface area contributed by atoms with Gasteiger partial charge in [0.25, 0.3) is 0 Å². The topological polar surface area (TPSA) is 79.3 Å². The number of anilines is 1. The van der Waals surface area contributed by atoms with E-state index in [0.717, 1.165) is 22.3 Å². The summed E-state index contributed by atoms with van der Waals surface area (Å²) in [7, 11) is 1.56. The van der Waals surface area contributed by atoms with Crippen LogP contribution >= 0.6 is 0 Å². The van der Waals surface area contributed by atoms with E-state index in [-0.39, 0.29) is 17.6 Å². The number of methoxy groups -OCH3 is 1. The van der Waals surface area contributed by atoms with Gasteiger partial charge in [-0.2, -0.15) is 5.10 Å². The number of hydrogen-bond acceptors (Lipinski definition) is 6. The van der Waals surface area contributed by atoms with E-state index in [4.69, 9.17) is 4.74 Å². The fourth-order valence-electron chi connectivity index (χ4n) is 5.89. The molecule has 180 valence electrons. The number of carbonyl (C=O) groups excluding carboxylic acids is 3. The molecule has 7 nitrogen and oxygen atoms in total. The Morgan fingerprint density at radius 2 is 1.64 bits per heavy atom. The maximum atomic E-state index is 14.0. The van der Waals surface area contributed by atoms with Crippen molar-refractivity contribution in [3.63, 3.8) is 0 Å². The fourth-order valence-corrected chi connectivity index (χ4v) is 5.89. The monoisotopic (exact) mass is 479 g/mol. The van der Waals surface area contributed by atoms with Crippen LogP contribution in [0, 0.1) is 25.7 Å². The first kappa shape index (κ1) is 22.2. The van der Waals surface area contributed by atoms with E-state index >= 15 is 0 Å². The van der Waals surface area contributed by atoms with E-state index < -0.39 is 23.9 Å². The van der Waals surface area contributed by atoms with E-state index in [2.05, 4.69) is 5.10 Å². The Morgan fingerprint density at radius 3 is 2.36 bits per heavy atom. The summed E-state index contributed by atoms with van der Waals surface area (Å²) >= 11 is 0. The fraction of sp³-hybridized carbons (Fsp3) is 0.241. The first-order valence-electron chi connectivity index (χ1n) is 12.0. The van der Waals surface area contributed by atoms with E-state index in [9.17, 15) is 14.4 Å². The molecule has 2 saturated heterocycles. The maximum absolute atomic E-state index is 14.0. The van der Waals surface area contributed by atoms with Gasteiger partial charge in [0, 0.05) is 5.56 Å². The molecule has 0 N–H and O–H groups in total. The number of nitrogens with zero attached hydrogens (tertiary/aromatic N) is 3. The minimum absolute atomic E-state index is 0.240. The van der Waals surface area contributed by atoms with Crippen molar-refractivity contribution < 1.29 is 19.1 Å². The van der Waals surface area contributed by atoms with Crippen molar-refractivity contribution >= 4 is 29.5 Å². The summed E-state index contributed by atoms with van der Waals surface area (Å²) < 4.78 is 5.23. The molecule has 0 radical (unpaired) electrons. The predicted molar refractivity (Wildman–Crippen MR) is 135 cm³/mol. The highest BCUT2D eigenvalue weighted by molar-refractivity contribution is 6.25. The predicted octanol–water partition coefficient (Wildman–Crippen LogP) is 4.07. The molecule has 3 heterocycles. The molecule has 3 aromatic carbocycles. The van der Waals surface area contributed by atoms with E-state index in [0.29, 0.717) is 17.0 Å². The zero-order chi connectivity index (χ0) is 25.1. The average molecular weight is 480 g/mol. The molecule has 0 spiro atoms. The lowest BCUT2D eigenvalue weighted by atomic mass is 9.83. The summed E-state index contributed by atoms with van der Waals surface area (Å²) in [4.78, 5) is 43.2. The lowest BCUT2D eigenvalue weighted by molar-refractivity contribution is -0.124. The molecule has 0 aromatic heterocycles. The Labute approximate surface area is 209 Å². The number of ether oxygens (including phenoxy) is 1. The first-order chi connectivity index (χ1) is 17.4. The van der Waals surface area contributed by atoms with Crippen molar-refractivity contribution in [2.75, 3.05) is 12.0 Å². The van der Waals surface area contributed by atoms with Crippen molar-refractivity contribution in [1.82, 2.24) is 5.01 Å². The van der Waals surface area contributed by atoms with Gasteiger partial charge in [0.2, 0.25) is 11.8 Å². The Balaban J connectivity index is 1.49. The third-order valence-electron chi connectivity index (χ3n) is 7.53. The van der Waals surface area contributed by atoms with Gasteiger partial charge >= 0.3 is 0 Å². The number of fused-ring (bicyclic) bond motifs is 5. The number of ketones is 1. The Bertz CT molecular complexity index is 1450. The number of hydrogen-bond donors (Lipinski definition) is 0. The molecule has 3 aliphatic heterocycles. The second-order valence-corrected chi connectivity index (χ2v) is 9.59. The zero-order valence-electron chi connectivity index (χ0n) is 20.2. The summed E-state index contributed by atoms with van der Waals surface area (Å²) in [6.45, 7) is 3.86. The summed E-state index contributed by atoms with van der Waals surface area (Å²) in [6.07, 6.45) is 1.71. The van der Waals surface area contributed by atoms with Crippen LogP contribution in [0.25, 0.3) is 0 Å². The number of aryl methyl sites for hydroxylation is 2. The number of benzene rings is 3. The number of carbonyl (C=O) groups is 3. The third kappa shape index (κ3) is 3.12. The zero-order valence-corrected chi connectivity index (χ0v) is 20.2. The summed E-state index contributed by atoms with van der Waals surface area (Å²) in [6, 6.07) is 18.8. The Kier molecular flexibility index (Phi) is 5.03. The van der Waals surface area contributed by atoms with Gasteiger partial charge in [-0.3, -0.25) is 19.4 Å². The second-order valence-electron chi connectivity index (χ2n) is 9.59. The molecular weight excluding hydrogens is 454 g/mol. The van der Waals surface area contributed by atoms with Crippen molar-refractivity contribution in [1.29, 1.82) is 0 Å². The van der Waals surface area contributed by atoms with Gasteiger partial charge in [-0.1, -0.05) is 42.0 Å². The number of imide groups is 1. The van der Waals surface area contributed by atoms with Gasteiger partial charge in [0.05, 0.1) is 36.9 Å². The van der Waals surface area contributed by atoms with E-state index in [1.807, 2.05) is 56.3 Å². The van der Waals surface area contributed by atoms with Crippen molar-refractivity contribution in [2.45, 2.75) is 25.9 Å². The smallest absolute Gasteiger partial charge is 0.240 e. The van der Waals surface area contributed by atoms with Gasteiger partial charge in [-0.25, -0.2) is 4.90 Å². The largest absolute Gasteiger partial charge is 0.497 e. The molecule has 0 unspecified atom stereocenters. The second kappa shape index (κ2) is 8.16. The number of Topliss-reactive ketones (excluding diaryl/α,β-unsaturated/α-hetero) is 1. The van der Waals surface area contributed by atoms with Crippen LogP contribution in [0.1, 0.15) is 38.7 Å². The molecule has 3 aliphatic rings. The Morgan fingerprint density at radius 1 is 0.917 bits per heavy atom. The lowest BCUT2D eigenvalue weighted by Crippen LogP contribution is -2.44. The van der Waals surface area contributed by atoms with Crippen LogP contribution in [0.3, 0.4) is 0 Å². The van der Waals surface area contributed by atoms with Crippen molar-refractivity contribution in [2.24, 2.45) is 16.9 Å². The van der Waals surface area contributed by atoms with Gasteiger partial charge in [0.1, 0.15) is 11.8 Å². The highest BCUT2D eigenvalue weighted by Crippen LogP contribution is 2.53. The Hall–Kier alpha value is -4.26. The number of amides is 2. The molecule has 6 rings (SSSR count). The standard InChI is InChI=1S/C29H25N3O4/c1-16-8-13-22(17(2)14-16)31-28(34)23-24(29(31)35)26(27(33)18-9-11-20(36-3)12-10-18)32-25(23)21-7-5-4-6-19(21)15-30-32/h4-15,23-26H,1-3H3/t23-,24+,25-,26-/m0/s1. The summed E-state index contributed by atoms with van der Waals surface area (Å²) in [5, 5.41) is 6.29. The van der Waals surface area contributed by atoms with Crippen LogP contribution in [0.15, 0.2) is 71.8 Å². The normalized spacial score (nSPS) is 24.0. The SMILES string of the molecule is COc1ccc(C(=O)[C@@H]2[C@@H]3C(=O)N(c4ccc(C)cc4C)C(=O)[C@@H]3[C@@H]3c4ccccc4C=NN23)cc1. The molecule has 0 saturated carbocycles. The van der Waals surface area contributed by atoms with Crippen LogP contribution in [0.4, 0.5) is 5.69 Å².